The number of aromatic nitrogens is 2. The SMILES string of the molecule is Cc1nc(C(Br)Br)cn1C(=O)c1ccccc1. The average molecular weight is 358 g/mol. The molecule has 0 saturated carbocycles. The van der Waals surface area contributed by atoms with Crippen molar-refractivity contribution in [3.05, 3.63) is 53.6 Å². The molecule has 0 aliphatic rings. The van der Waals surface area contributed by atoms with Crippen LogP contribution in [0.3, 0.4) is 0 Å². The number of rotatable bonds is 2. The molecule has 5 heteroatoms. The Bertz CT molecular complexity index is 535. The molecule has 3 nitrogen and oxygen atoms in total. The van der Waals surface area contributed by atoms with Gasteiger partial charge in [-0.05, 0) is 19.1 Å². The summed E-state index contributed by atoms with van der Waals surface area (Å²) < 4.78 is 1.51. The van der Waals surface area contributed by atoms with Crippen LogP contribution in [0, 0.1) is 6.92 Å². The Morgan fingerprint density at radius 1 is 1.29 bits per heavy atom. The number of imidazole rings is 1. The molecule has 0 aliphatic carbocycles. The summed E-state index contributed by atoms with van der Waals surface area (Å²) in [7, 11) is 0. The van der Waals surface area contributed by atoms with E-state index in [2.05, 4.69) is 36.8 Å². The van der Waals surface area contributed by atoms with Crippen molar-refractivity contribution in [2.24, 2.45) is 0 Å². The van der Waals surface area contributed by atoms with Crippen molar-refractivity contribution in [2.75, 3.05) is 0 Å². The summed E-state index contributed by atoms with van der Waals surface area (Å²) in [6, 6.07) is 9.16. The van der Waals surface area contributed by atoms with E-state index in [1.54, 1.807) is 22.9 Å². The average Bonchev–Trinajstić information content (AvgIpc) is 2.72. The second-order valence-electron chi connectivity index (χ2n) is 3.55. The van der Waals surface area contributed by atoms with Gasteiger partial charge in [0.05, 0.1) is 5.69 Å². The zero-order valence-electron chi connectivity index (χ0n) is 9.10. The highest BCUT2D eigenvalue weighted by Crippen LogP contribution is 2.28. The second-order valence-corrected chi connectivity index (χ2v) is 6.61. The van der Waals surface area contributed by atoms with Crippen molar-refractivity contribution in [1.29, 1.82) is 0 Å². The van der Waals surface area contributed by atoms with Gasteiger partial charge in [-0.25, -0.2) is 4.98 Å². The number of aryl methyl sites for hydroxylation is 1. The van der Waals surface area contributed by atoms with Crippen molar-refractivity contribution in [1.82, 2.24) is 9.55 Å². The molecular formula is C12H10Br2N2O. The Morgan fingerprint density at radius 3 is 2.47 bits per heavy atom. The summed E-state index contributed by atoms with van der Waals surface area (Å²) in [5.74, 6) is 0.611. The Morgan fingerprint density at radius 2 is 1.94 bits per heavy atom. The predicted octanol–water partition coefficient (Wildman–Crippen LogP) is 3.67. The first-order valence-corrected chi connectivity index (χ1v) is 6.86. The van der Waals surface area contributed by atoms with Crippen molar-refractivity contribution in [3.63, 3.8) is 0 Å². The molecule has 2 rings (SSSR count). The molecule has 0 radical (unpaired) electrons. The van der Waals surface area contributed by atoms with E-state index in [1.807, 2.05) is 25.1 Å². The summed E-state index contributed by atoms with van der Waals surface area (Å²) in [6.45, 7) is 1.81. The van der Waals surface area contributed by atoms with Crippen LogP contribution in [0.2, 0.25) is 0 Å². The van der Waals surface area contributed by atoms with Crippen LogP contribution in [0.4, 0.5) is 0 Å². The summed E-state index contributed by atoms with van der Waals surface area (Å²) >= 11 is 6.73. The van der Waals surface area contributed by atoms with Gasteiger partial charge in [-0.3, -0.25) is 9.36 Å². The summed E-state index contributed by atoms with van der Waals surface area (Å²) in [5.41, 5.74) is 1.44. The molecule has 0 amide bonds. The molecule has 88 valence electrons. The predicted molar refractivity (Wildman–Crippen MR) is 73.7 cm³/mol. The number of hydrogen-bond donors (Lipinski definition) is 0. The molecule has 0 aliphatic heterocycles. The first-order valence-electron chi connectivity index (χ1n) is 5.03. The lowest BCUT2D eigenvalue weighted by molar-refractivity contribution is 0.0957. The Kier molecular flexibility index (Phi) is 3.79. The highest BCUT2D eigenvalue weighted by Gasteiger charge is 2.15. The van der Waals surface area contributed by atoms with E-state index in [4.69, 9.17) is 0 Å². The monoisotopic (exact) mass is 356 g/mol. The van der Waals surface area contributed by atoms with E-state index >= 15 is 0 Å². The Hall–Kier alpha value is -0.940. The molecule has 0 saturated heterocycles. The minimum absolute atomic E-state index is 0.0430. The van der Waals surface area contributed by atoms with Gasteiger partial charge in [-0.2, -0.15) is 0 Å². The first kappa shape index (κ1) is 12.5. The van der Waals surface area contributed by atoms with Gasteiger partial charge >= 0.3 is 0 Å². The minimum atomic E-state index is -0.0671. The lowest BCUT2D eigenvalue weighted by Gasteiger charge is -2.02. The number of carbonyl (C=O) groups is 1. The molecule has 0 fully saturated rings. The standard InChI is InChI=1S/C12H10Br2N2O/c1-8-15-10(11(13)14)7-16(8)12(17)9-5-3-2-4-6-9/h2-7,11H,1H3. The molecule has 0 N–H and O–H groups in total. The molecule has 1 heterocycles. The third-order valence-electron chi connectivity index (χ3n) is 2.36. The van der Waals surface area contributed by atoms with Gasteiger partial charge in [0.2, 0.25) is 0 Å². The van der Waals surface area contributed by atoms with Gasteiger partial charge in [0.25, 0.3) is 5.91 Å². The number of carbonyl (C=O) groups excluding carboxylic acids is 1. The maximum atomic E-state index is 12.2. The maximum Gasteiger partial charge on any atom is 0.263 e. The Balaban J connectivity index is 2.38. The molecule has 1 aromatic heterocycles. The fourth-order valence-electron chi connectivity index (χ4n) is 1.53. The molecule has 0 unspecified atom stereocenters. The van der Waals surface area contributed by atoms with E-state index in [9.17, 15) is 4.79 Å². The molecular weight excluding hydrogens is 348 g/mol. The van der Waals surface area contributed by atoms with Gasteiger partial charge in [0.15, 0.2) is 0 Å². The van der Waals surface area contributed by atoms with E-state index in [0.29, 0.717) is 11.4 Å². The number of alkyl halides is 2. The highest BCUT2D eigenvalue weighted by molar-refractivity contribution is 9.24. The molecule has 1 aromatic carbocycles. The van der Waals surface area contributed by atoms with Crippen LogP contribution >= 0.6 is 31.9 Å². The lowest BCUT2D eigenvalue weighted by atomic mass is 10.2. The van der Waals surface area contributed by atoms with Crippen molar-refractivity contribution >= 4 is 37.8 Å². The highest BCUT2D eigenvalue weighted by atomic mass is 79.9. The topological polar surface area (TPSA) is 34.9 Å². The largest absolute Gasteiger partial charge is 0.269 e. The van der Waals surface area contributed by atoms with Gasteiger partial charge in [0, 0.05) is 11.8 Å². The second kappa shape index (κ2) is 5.14. The number of benzene rings is 1. The number of halogens is 2. The van der Waals surface area contributed by atoms with Crippen LogP contribution in [-0.2, 0) is 0 Å². The fourth-order valence-corrected chi connectivity index (χ4v) is 1.97. The van der Waals surface area contributed by atoms with Crippen LogP contribution < -0.4 is 0 Å². The number of hydrogen-bond acceptors (Lipinski definition) is 2. The summed E-state index contributed by atoms with van der Waals surface area (Å²) in [5, 5.41) is 0. The summed E-state index contributed by atoms with van der Waals surface area (Å²) in [6.07, 6.45) is 1.73. The third kappa shape index (κ3) is 2.66. The molecule has 17 heavy (non-hydrogen) atoms. The van der Waals surface area contributed by atoms with Crippen LogP contribution in [0.5, 0.6) is 0 Å². The first-order chi connectivity index (χ1) is 8.09. The van der Waals surface area contributed by atoms with Crippen molar-refractivity contribution in [3.8, 4) is 0 Å². The van der Waals surface area contributed by atoms with Gasteiger partial charge in [-0.15, -0.1) is 0 Å². The normalized spacial score (nSPS) is 10.8. The Labute approximate surface area is 116 Å². The summed E-state index contributed by atoms with van der Waals surface area (Å²) in [4.78, 5) is 16.5. The van der Waals surface area contributed by atoms with E-state index in [0.717, 1.165) is 5.69 Å². The molecule has 2 aromatic rings. The third-order valence-corrected chi connectivity index (χ3v) is 3.30. The maximum absolute atomic E-state index is 12.2. The van der Waals surface area contributed by atoms with Crippen molar-refractivity contribution < 1.29 is 4.79 Å². The van der Waals surface area contributed by atoms with Gasteiger partial charge in [-0.1, -0.05) is 50.1 Å². The zero-order chi connectivity index (χ0) is 12.4. The molecule has 0 bridgehead atoms. The van der Waals surface area contributed by atoms with Crippen LogP contribution in [0.15, 0.2) is 36.5 Å². The van der Waals surface area contributed by atoms with Gasteiger partial charge < -0.3 is 0 Å². The van der Waals surface area contributed by atoms with Crippen LogP contribution in [0.1, 0.15) is 25.6 Å². The van der Waals surface area contributed by atoms with Crippen molar-refractivity contribution in [2.45, 2.75) is 10.7 Å². The van der Waals surface area contributed by atoms with E-state index in [-0.39, 0.29) is 9.64 Å². The van der Waals surface area contributed by atoms with Crippen LogP contribution in [-0.4, -0.2) is 15.5 Å². The minimum Gasteiger partial charge on any atom is -0.269 e. The quantitative estimate of drug-likeness (QED) is 0.768. The van der Waals surface area contributed by atoms with Crippen LogP contribution in [0.25, 0.3) is 0 Å². The molecule has 0 atom stereocenters. The van der Waals surface area contributed by atoms with Gasteiger partial charge in [0.1, 0.15) is 9.56 Å². The van der Waals surface area contributed by atoms with E-state index < -0.39 is 0 Å². The zero-order valence-corrected chi connectivity index (χ0v) is 12.3. The number of nitrogens with zero attached hydrogens (tertiary/aromatic N) is 2. The molecule has 0 spiro atoms. The smallest absolute Gasteiger partial charge is 0.263 e. The van der Waals surface area contributed by atoms with E-state index in [1.165, 1.54) is 0 Å². The fraction of sp³-hybridized carbons (Fsp3) is 0.167. The lowest BCUT2D eigenvalue weighted by Crippen LogP contribution is -2.12.